The molecule has 0 saturated carbocycles. The number of likely N-dealkylation sites (N-methyl/N-ethyl adjacent to an activating group) is 1. The van der Waals surface area contributed by atoms with Crippen molar-refractivity contribution in [2.45, 2.75) is 58.0 Å². The maximum atomic E-state index is 13.4. The van der Waals surface area contributed by atoms with Gasteiger partial charge in [-0.1, -0.05) is 55.8 Å². The Morgan fingerprint density at radius 1 is 1.00 bits per heavy atom. The van der Waals surface area contributed by atoms with Crippen LogP contribution in [-0.4, -0.2) is 55.6 Å². The minimum atomic E-state index is -3.85. The highest BCUT2D eigenvalue weighted by atomic mass is 32.2. The first-order valence-corrected chi connectivity index (χ1v) is 12.7. The smallest absolute Gasteiger partial charge is 0.243 e. The van der Waals surface area contributed by atoms with Gasteiger partial charge in [-0.2, -0.15) is 4.31 Å². The molecule has 1 atom stereocenters. The van der Waals surface area contributed by atoms with Gasteiger partial charge in [0.25, 0.3) is 0 Å². The lowest BCUT2D eigenvalue weighted by atomic mass is 10.1. The van der Waals surface area contributed by atoms with Crippen LogP contribution in [0.4, 0.5) is 0 Å². The summed E-state index contributed by atoms with van der Waals surface area (Å²) in [6, 6.07) is 13.5. The fourth-order valence-electron chi connectivity index (χ4n) is 3.51. The molecule has 0 aromatic heterocycles. The van der Waals surface area contributed by atoms with Crippen molar-refractivity contribution < 1.29 is 18.0 Å². The Morgan fingerprint density at radius 3 is 2.21 bits per heavy atom. The predicted octanol–water partition coefficient (Wildman–Crippen LogP) is 3.26. The van der Waals surface area contributed by atoms with E-state index in [2.05, 4.69) is 5.32 Å². The number of nitrogens with one attached hydrogen (secondary N) is 1. The molecule has 0 heterocycles. The molecule has 1 N–H and O–H groups in total. The standard InChI is InChI=1S/C25H35N3O4S/c1-6-16-26-25(30)23(7-2)28(17-21-11-9-8-10-20(21)4)24(29)18-27(5)33(31,32)22-14-12-19(3)13-15-22/h8-15,23H,6-7,16-18H2,1-5H3,(H,26,30). The summed E-state index contributed by atoms with van der Waals surface area (Å²) >= 11 is 0. The zero-order valence-corrected chi connectivity index (χ0v) is 21.0. The van der Waals surface area contributed by atoms with Crippen molar-refractivity contribution in [1.82, 2.24) is 14.5 Å². The van der Waals surface area contributed by atoms with E-state index in [1.807, 2.05) is 52.0 Å². The van der Waals surface area contributed by atoms with Crippen LogP contribution in [0.2, 0.25) is 0 Å². The molecule has 1 unspecified atom stereocenters. The Kier molecular flexibility index (Phi) is 9.61. The van der Waals surface area contributed by atoms with E-state index in [-0.39, 0.29) is 23.9 Å². The second-order valence-electron chi connectivity index (χ2n) is 8.24. The van der Waals surface area contributed by atoms with Crippen LogP contribution in [0, 0.1) is 13.8 Å². The summed E-state index contributed by atoms with van der Waals surface area (Å²) in [6.07, 6.45) is 1.20. The molecule has 2 amide bonds. The van der Waals surface area contributed by atoms with Gasteiger partial charge in [0.05, 0.1) is 11.4 Å². The Balaban J connectivity index is 2.32. The summed E-state index contributed by atoms with van der Waals surface area (Å²) in [5, 5.41) is 2.87. The van der Waals surface area contributed by atoms with Crippen molar-refractivity contribution in [2.24, 2.45) is 0 Å². The number of sulfonamides is 1. The van der Waals surface area contributed by atoms with E-state index in [0.29, 0.717) is 13.0 Å². The predicted molar refractivity (Wildman–Crippen MR) is 130 cm³/mol. The summed E-state index contributed by atoms with van der Waals surface area (Å²) in [7, 11) is -2.46. The van der Waals surface area contributed by atoms with Crippen molar-refractivity contribution in [1.29, 1.82) is 0 Å². The van der Waals surface area contributed by atoms with E-state index < -0.39 is 22.0 Å². The molecule has 180 valence electrons. The Bertz CT molecular complexity index is 1050. The lowest BCUT2D eigenvalue weighted by Gasteiger charge is -2.32. The summed E-state index contributed by atoms with van der Waals surface area (Å²) in [5.74, 6) is -0.653. The van der Waals surface area contributed by atoms with Gasteiger partial charge in [0.1, 0.15) is 6.04 Å². The molecule has 2 rings (SSSR count). The summed E-state index contributed by atoms with van der Waals surface area (Å²) in [6.45, 7) is 8.01. The second kappa shape index (κ2) is 12.0. The van der Waals surface area contributed by atoms with Crippen LogP contribution in [0.3, 0.4) is 0 Å². The molecule has 0 bridgehead atoms. The first-order chi connectivity index (χ1) is 15.6. The molecule has 0 radical (unpaired) electrons. The van der Waals surface area contributed by atoms with Gasteiger partial charge in [0.15, 0.2) is 0 Å². The second-order valence-corrected chi connectivity index (χ2v) is 10.3. The lowest BCUT2D eigenvalue weighted by Crippen LogP contribution is -2.51. The largest absolute Gasteiger partial charge is 0.354 e. The van der Waals surface area contributed by atoms with Crippen molar-refractivity contribution in [3.8, 4) is 0 Å². The molecule has 0 fully saturated rings. The van der Waals surface area contributed by atoms with E-state index in [0.717, 1.165) is 27.4 Å². The van der Waals surface area contributed by atoms with E-state index in [9.17, 15) is 18.0 Å². The SMILES string of the molecule is CCCNC(=O)C(CC)N(Cc1ccccc1C)C(=O)CN(C)S(=O)(=O)c1ccc(C)cc1. The highest BCUT2D eigenvalue weighted by Gasteiger charge is 2.31. The maximum Gasteiger partial charge on any atom is 0.243 e. The number of aryl methyl sites for hydroxylation is 2. The third kappa shape index (κ3) is 6.88. The number of carbonyl (C=O) groups excluding carboxylic acids is 2. The third-order valence-corrected chi connectivity index (χ3v) is 7.44. The molecule has 0 saturated heterocycles. The normalized spacial score (nSPS) is 12.4. The van der Waals surface area contributed by atoms with E-state index >= 15 is 0 Å². The number of hydrogen-bond acceptors (Lipinski definition) is 4. The molecule has 0 spiro atoms. The monoisotopic (exact) mass is 473 g/mol. The van der Waals surface area contributed by atoms with Crippen LogP contribution >= 0.6 is 0 Å². The van der Waals surface area contributed by atoms with Crippen LogP contribution in [0.1, 0.15) is 43.4 Å². The molecular formula is C25H35N3O4S. The molecule has 0 aliphatic heterocycles. The van der Waals surface area contributed by atoms with E-state index in [1.54, 1.807) is 12.1 Å². The van der Waals surface area contributed by atoms with Crippen molar-refractivity contribution >= 4 is 21.8 Å². The first kappa shape index (κ1) is 26.5. The zero-order valence-electron chi connectivity index (χ0n) is 20.2. The van der Waals surface area contributed by atoms with Crippen LogP contribution < -0.4 is 5.32 Å². The summed E-state index contributed by atoms with van der Waals surface area (Å²) in [5.41, 5.74) is 2.86. The molecular weight excluding hydrogens is 438 g/mol. The Morgan fingerprint density at radius 2 is 1.64 bits per heavy atom. The summed E-state index contributed by atoms with van der Waals surface area (Å²) in [4.78, 5) is 27.9. The minimum absolute atomic E-state index is 0.126. The molecule has 2 aromatic rings. The molecule has 7 nitrogen and oxygen atoms in total. The molecule has 0 aliphatic carbocycles. The van der Waals surface area contributed by atoms with Gasteiger partial charge in [-0.3, -0.25) is 9.59 Å². The number of rotatable bonds is 11. The van der Waals surface area contributed by atoms with E-state index in [1.165, 1.54) is 24.1 Å². The van der Waals surface area contributed by atoms with Crippen LogP contribution in [0.15, 0.2) is 53.4 Å². The average Bonchev–Trinajstić information content (AvgIpc) is 2.78. The number of benzene rings is 2. The average molecular weight is 474 g/mol. The highest BCUT2D eigenvalue weighted by molar-refractivity contribution is 7.89. The Labute approximate surface area is 197 Å². The van der Waals surface area contributed by atoms with Gasteiger partial charge < -0.3 is 10.2 Å². The van der Waals surface area contributed by atoms with Crippen molar-refractivity contribution in [2.75, 3.05) is 20.1 Å². The number of carbonyl (C=O) groups is 2. The van der Waals surface area contributed by atoms with Gasteiger partial charge in [-0.15, -0.1) is 0 Å². The maximum absolute atomic E-state index is 13.4. The van der Waals surface area contributed by atoms with Gasteiger partial charge in [0, 0.05) is 20.1 Å². The summed E-state index contributed by atoms with van der Waals surface area (Å²) < 4.78 is 27.1. The van der Waals surface area contributed by atoms with Gasteiger partial charge in [-0.05, 0) is 49.9 Å². The van der Waals surface area contributed by atoms with Crippen LogP contribution in [0.5, 0.6) is 0 Å². The fourth-order valence-corrected chi connectivity index (χ4v) is 4.63. The minimum Gasteiger partial charge on any atom is -0.354 e. The molecule has 8 heteroatoms. The van der Waals surface area contributed by atoms with Gasteiger partial charge >= 0.3 is 0 Å². The van der Waals surface area contributed by atoms with Gasteiger partial charge in [0.2, 0.25) is 21.8 Å². The number of nitrogens with zero attached hydrogens (tertiary/aromatic N) is 2. The van der Waals surface area contributed by atoms with Crippen LogP contribution in [0.25, 0.3) is 0 Å². The van der Waals surface area contributed by atoms with E-state index in [4.69, 9.17) is 0 Å². The van der Waals surface area contributed by atoms with Gasteiger partial charge in [-0.25, -0.2) is 8.42 Å². The zero-order chi connectivity index (χ0) is 24.6. The van der Waals surface area contributed by atoms with Crippen molar-refractivity contribution in [3.63, 3.8) is 0 Å². The lowest BCUT2D eigenvalue weighted by molar-refractivity contribution is -0.141. The number of hydrogen-bond donors (Lipinski definition) is 1. The Hall–Kier alpha value is -2.71. The third-order valence-electron chi connectivity index (χ3n) is 5.62. The fraction of sp³-hybridized carbons (Fsp3) is 0.440. The molecule has 0 aliphatic rings. The highest BCUT2D eigenvalue weighted by Crippen LogP contribution is 2.18. The molecule has 2 aromatic carbocycles. The van der Waals surface area contributed by atoms with Crippen LogP contribution in [-0.2, 0) is 26.2 Å². The first-order valence-electron chi connectivity index (χ1n) is 11.3. The van der Waals surface area contributed by atoms with Crippen molar-refractivity contribution in [3.05, 3.63) is 65.2 Å². The molecule has 33 heavy (non-hydrogen) atoms. The topological polar surface area (TPSA) is 86.8 Å². The quantitative estimate of drug-likeness (QED) is 0.543. The number of amides is 2.